The van der Waals surface area contributed by atoms with Gasteiger partial charge < -0.3 is 4.74 Å². The zero-order valence-electron chi connectivity index (χ0n) is 14.7. The molecule has 0 aliphatic carbocycles. The molecule has 3 rings (SSSR count). The molecular weight excluding hydrogens is 405 g/mol. The molecule has 0 heterocycles. The Morgan fingerprint density at radius 3 is 2.56 bits per heavy atom. The summed E-state index contributed by atoms with van der Waals surface area (Å²) in [6.07, 6.45) is 1.65. The Labute approximate surface area is 166 Å². The first-order valence-corrected chi connectivity index (χ1v) is 9.21. The zero-order chi connectivity index (χ0) is 19.2. The normalized spacial score (nSPS) is 11.1. The Morgan fingerprint density at radius 1 is 1.11 bits per heavy atom. The van der Waals surface area contributed by atoms with Crippen molar-refractivity contribution in [3.8, 4) is 11.8 Å². The highest BCUT2D eigenvalue weighted by Crippen LogP contribution is 2.29. The van der Waals surface area contributed by atoms with E-state index in [0.29, 0.717) is 17.9 Å². The van der Waals surface area contributed by atoms with Crippen molar-refractivity contribution in [1.82, 2.24) is 0 Å². The number of benzene rings is 3. The van der Waals surface area contributed by atoms with Crippen LogP contribution in [0.2, 0.25) is 0 Å². The third-order valence-electron chi connectivity index (χ3n) is 4.07. The van der Waals surface area contributed by atoms with Crippen molar-refractivity contribution in [2.75, 3.05) is 0 Å². The fourth-order valence-corrected chi connectivity index (χ4v) is 2.99. The predicted octanol–water partition coefficient (Wildman–Crippen LogP) is 6.54. The van der Waals surface area contributed by atoms with Gasteiger partial charge in [0.05, 0.1) is 11.6 Å². The largest absolute Gasteiger partial charge is 0.488 e. The van der Waals surface area contributed by atoms with E-state index in [1.54, 1.807) is 24.3 Å². The molecule has 0 amide bonds. The molecule has 134 valence electrons. The SMILES string of the molecule is Cc1ccc(COc2ccc(Br)cc2/C=C(/C#N)c2ccccc2F)cc1. The van der Waals surface area contributed by atoms with E-state index in [0.717, 1.165) is 10.0 Å². The van der Waals surface area contributed by atoms with Crippen LogP contribution in [0.3, 0.4) is 0 Å². The third kappa shape index (κ3) is 4.84. The Balaban J connectivity index is 1.92. The first-order chi connectivity index (χ1) is 13.1. The standard InChI is InChI=1S/C23H17BrFNO/c1-16-6-8-17(9-7-16)15-27-23-11-10-20(24)13-18(23)12-19(14-26)21-4-2-3-5-22(21)25/h2-13H,15H2,1H3/b19-12-. The molecule has 0 saturated heterocycles. The summed E-state index contributed by atoms with van der Waals surface area (Å²) in [5, 5.41) is 9.52. The lowest BCUT2D eigenvalue weighted by Crippen LogP contribution is -1.97. The van der Waals surface area contributed by atoms with E-state index in [2.05, 4.69) is 22.0 Å². The first kappa shape index (κ1) is 18.9. The minimum absolute atomic E-state index is 0.242. The average Bonchev–Trinajstić information content (AvgIpc) is 2.67. The summed E-state index contributed by atoms with van der Waals surface area (Å²) >= 11 is 3.44. The van der Waals surface area contributed by atoms with Crippen LogP contribution in [0.5, 0.6) is 5.75 Å². The minimum atomic E-state index is -0.428. The summed E-state index contributed by atoms with van der Waals surface area (Å²) in [7, 11) is 0. The average molecular weight is 422 g/mol. The van der Waals surface area contributed by atoms with Crippen LogP contribution >= 0.6 is 15.9 Å². The summed E-state index contributed by atoms with van der Waals surface area (Å²) in [4.78, 5) is 0. The van der Waals surface area contributed by atoms with Crippen molar-refractivity contribution < 1.29 is 9.13 Å². The molecule has 0 spiro atoms. The van der Waals surface area contributed by atoms with E-state index in [-0.39, 0.29) is 11.1 Å². The Hall–Kier alpha value is -2.90. The summed E-state index contributed by atoms with van der Waals surface area (Å²) in [5.41, 5.74) is 3.45. The van der Waals surface area contributed by atoms with Gasteiger partial charge in [-0.3, -0.25) is 0 Å². The second-order valence-electron chi connectivity index (χ2n) is 6.11. The molecule has 0 aliphatic rings. The molecule has 27 heavy (non-hydrogen) atoms. The van der Waals surface area contributed by atoms with Crippen molar-refractivity contribution in [2.45, 2.75) is 13.5 Å². The maximum atomic E-state index is 14.1. The molecule has 0 unspecified atom stereocenters. The molecule has 0 saturated carbocycles. The molecule has 0 N–H and O–H groups in total. The van der Waals surface area contributed by atoms with Gasteiger partial charge in [0.2, 0.25) is 0 Å². The van der Waals surface area contributed by atoms with Gasteiger partial charge in [0.1, 0.15) is 18.2 Å². The Morgan fingerprint density at radius 2 is 1.85 bits per heavy atom. The van der Waals surface area contributed by atoms with Crippen LogP contribution in [0.1, 0.15) is 22.3 Å². The molecular formula is C23H17BrFNO. The second-order valence-corrected chi connectivity index (χ2v) is 7.02. The maximum absolute atomic E-state index is 14.1. The zero-order valence-corrected chi connectivity index (χ0v) is 16.3. The van der Waals surface area contributed by atoms with Gasteiger partial charge in [0.15, 0.2) is 0 Å². The van der Waals surface area contributed by atoms with Gasteiger partial charge in [-0.15, -0.1) is 0 Å². The van der Waals surface area contributed by atoms with Gasteiger partial charge in [-0.1, -0.05) is 64.0 Å². The molecule has 2 nitrogen and oxygen atoms in total. The highest BCUT2D eigenvalue weighted by atomic mass is 79.9. The number of nitriles is 1. The van der Waals surface area contributed by atoms with Crippen LogP contribution in [0.4, 0.5) is 4.39 Å². The summed E-state index contributed by atoms with van der Waals surface area (Å²) in [6.45, 7) is 2.44. The lowest BCUT2D eigenvalue weighted by atomic mass is 10.0. The molecule has 3 aromatic carbocycles. The number of rotatable bonds is 5. The molecule has 0 bridgehead atoms. The molecule has 0 fully saturated rings. The van der Waals surface area contributed by atoms with Gasteiger partial charge in [0, 0.05) is 15.6 Å². The van der Waals surface area contributed by atoms with Gasteiger partial charge in [-0.25, -0.2) is 4.39 Å². The number of hydrogen-bond acceptors (Lipinski definition) is 2. The number of hydrogen-bond donors (Lipinski definition) is 0. The van der Waals surface area contributed by atoms with Crippen molar-refractivity contribution in [1.29, 1.82) is 5.26 Å². The number of ether oxygens (including phenoxy) is 1. The number of halogens is 2. The molecule has 0 aliphatic heterocycles. The van der Waals surface area contributed by atoms with Gasteiger partial charge in [-0.2, -0.15) is 5.26 Å². The van der Waals surface area contributed by atoms with Crippen LogP contribution in [0, 0.1) is 24.1 Å². The lowest BCUT2D eigenvalue weighted by molar-refractivity contribution is 0.305. The minimum Gasteiger partial charge on any atom is -0.488 e. The van der Waals surface area contributed by atoms with E-state index >= 15 is 0 Å². The highest BCUT2D eigenvalue weighted by Gasteiger charge is 2.10. The van der Waals surface area contributed by atoms with Crippen molar-refractivity contribution in [2.24, 2.45) is 0 Å². The van der Waals surface area contributed by atoms with E-state index in [1.807, 2.05) is 49.4 Å². The first-order valence-electron chi connectivity index (χ1n) is 8.41. The van der Waals surface area contributed by atoms with Gasteiger partial charge in [-0.05, 0) is 42.8 Å². The summed E-state index contributed by atoms with van der Waals surface area (Å²) in [5.74, 6) is 0.199. The van der Waals surface area contributed by atoms with Crippen LogP contribution in [-0.2, 0) is 6.61 Å². The lowest BCUT2D eigenvalue weighted by Gasteiger charge is -2.11. The van der Waals surface area contributed by atoms with Crippen LogP contribution < -0.4 is 4.74 Å². The van der Waals surface area contributed by atoms with Gasteiger partial charge >= 0.3 is 0 Å². The fourth-order valence-electron chi connectivity index (χ4n) is 2.61. The molecule has 3 aromatic rings. The second kappa shape index (κ2) is 8.66. The summed E-state index contributed by atoms with van der Waals surface area (Å²) in [6, 6.07) is 22.0. The predicted molar refractivity (Wildman–Crippen MR) is 110 cm³/mol. The van der Waals surface area contributed by atoms with Crippen LogP contribution in [-0.4, -0.2) is 0 Å². The van der Waals surface area contributed by atoms with Crippen molar-refractivity contribution in [3.63, 3.8) is 0 Å². The smallest absolute Gasteiger partial charge is 0.131 e. The molecule has 4 heteroatoms. The maximum Gasteiger partial charge on any atom is 0.131 e. The molecule has 0 aromatic heterocycles. The van der Waals surface area contributed by atoms with E-state index in [1.165, 1.54) is 11.6 Å². The number of aryl methyl sites for hydroxylation is 1. The number of allylic oxidation sites excluding steroid dienone is 1. The quantitative estimate of drug-likeness (QED) is 0.346. The van der Waals surface area contributed by atoms with E-state index in [4.69, 9.17) is 4.74 Å². The van der Waals surface area contributed by atoms with Crippen LogP contribution in [0.15, 0.2) is 71.2 Å². The summed E-state index contributed by atoms with van der Waals surface area (Å²) < 4.78 is 20.9. The van der Waals surface area contributed by atoms with Gasteiger partial charge in [0.25, 0.3) is 0 Å². The van der Waals surface area contributed by atoms with E-state index in [9.17, 15) is 9.65 Å². The highest BCUT2D eigenvalue weighted by molar-refractivity contribution is 9.10. The molecule has 0 radical (unpaired) electrons. The third-order valence-corrected chi connectivity index (χ3v) is 4.56. The Bertz CT molecular complexity index is 1020. The van der Waals surface area contributed by atoms with E-state index < -0.39 is 5.82 Å². The topological polar surface area (TPSA) is 33.0 Å². The van der Waals surface area contributed by atoms with Crippen molar-refractivity contribution in [3.05, 3.63) is 99.3 Å². The van der Waals surface area contributed by atoms with Crippen molar-refractivity contribution >= 4 is 27.6 Å². The fraction of sp³-hybridized carbons (Fsp3) is 0.0870. The molecule has 0 atom stereocenters. The Kier molecular flexibility index (Phi) is 6.05. The number of nitrogens with zero attached hydrogens (tertiary/aromatic N) is 1. The monoisotopic (exact) mass is 421 g/mol. The van der Waals surface area contributed by atoms with Crippen LogP contribution in [0.25, 0.3) is 11.6 Å².